The minimum atomic E-state index is 1.23. The Morgan fingerprint density at radius 2 is 1.89 bits per heavy atom. The molecule has 0 aromatic carbocycles. The highest BCUT2D eigenvalue weighted by Gasteiger charge is 1.91. The normalized spacial score (nSPS) is 20.3. The van der Waals surface area contributed by atoms with Gasteiger partial charge in [-0.25, -0.2) is 0 Å². The summed E-state index contributed by atoms with van der Waals surface area (Å²) in [6.07, 6.45) is 11.8. The van der Waals surface area contributed by atoms with Gasteiger partial charge in [0.05, 0.1) is 0 Å². The lowest BCUT2D eigenvalue weighted by Crippen LogP contribution is -1.77. The molecule has 1 rings (SSSR count). The van der Waals surface area contributed by atoms with Gasteiger partial charge in [0.25, 0.3) is 0 Å². The molecule has 0 atom stereocenters. The largest absolute Gasteiger partial charge is 0.0882 e. The second kappa shape index (κ2) is 4.09. The lowest BCUT2D eigenvalue weighted by molar-refractivity contribution is 0.957. The van der Waals surface area contributed by atoms with Gasteiger partial charge >= 0.3 is 0 Å². The van der Waals surface area contributed by atoms with Crippen molar-refractivity contribution in [1.82, 2.24) is 0 Å². The molecule has 0 aromatic rings. The minimum Gasteiger partial charge on any atom is -0.0882 e. The number of halogens is 1. The zero-order valence-electron chi connectivity index (χ0n) is 5.44. The highest BCUT2D eigenvalue weighted by Crippen LogP contribution is 2.17. The highest BCUT2D eigenvalue weighted by molar-refractivity contribution is 14.1. The number of allylic oxidation sites excluding steroid dienone is 4. The molecule has 0 bridgehead atoms. The maximum atomic E-state index is 2.43. The zero-order valence-corrected chi connectivity index (χ0v) is 7.60. The SMILES string of the molecule is IC1=CCCC=CCC1. The average Bonchev–Trinajstić information content (AvgIpc) is 1.79. The molecule has 0 spiro atoms. The fourth-order valence-electron chi connectivity index (χ4n) is 0.895. The summed E-state index contributed by atoms with van der Waals surface area (Å²) in [6.45, 7) is 0. The van der Waals surface area contributed by atoms with E-state index in [0.29, 0.717) is 0 Å². The van der Waals surface area contributed by atoms with E-state index in [4.69, 9.17) is 0 Å². The van der Waals surface area contributed by atoms with Crippen molar-refractivity contribution in [1.29, 1.82) is 0 Å². The zero-order chi connectivity index (χ0) is 6.53. The summed E-state index contributed by atoms with van der Waals surface area (Å²) in [5.41, 5.74) is 0. The molecule has 0 unspecified atom stereocenters. The fourth-order valence-corrected chi connectivity index (χ4v) is 1.52. The van der Waals surface area contributed by atoms with Crippen LogP contribution in [0, 0.1) is 0 Å². The molecule has 0 N–H and O–H groups in total. The van der Waals surface area contributed by atoms with E-state index in [0.717, 1.165) is 0 Å². The van der Waals surface area contributed by atoms with Crippen LogP contribution in [-0.2, 0) is 0 Å². The molecule has 0 amide bonds. The summed E-state index contributed by atoms with van der Waals surface area (Å²) >= 11 is 2.43. The Morgan fingerprint density at radius 1 is 1.11 bits per heavy atom. The van der Waals surface area contributed by atoms with E-state index < -0.39 is 0 Å². The molecule has 1 heteroatoms. The highest BCUT2D eigenvalue weighted by atomic mass is 127. The van der Waals surface area contributed by atoms with Gasteiger partial charge in [0.15, 0.2) is 0 Å². The Morgan fingerprint density at radius 3 is 2.78 bits per heavy atom. The molecule has 0 nitrogen and oxygen atoms in total. The maximum Gasteiger partial charge on any atom is -0.0131 e. The first-order valence-electron chi connectivity index (χ1n) is 3.39. The smallest absolute Gasteiger partial charge is 0.0131 e. The molecule has 1 aliphatic rings. The lowest BCUT2D eigenvalue weighted by Gasteiger charge is -1.98. The third-order valence-corrected chi connectivity index (χ3v) is 2.40. The first-order chi connectivity index (χ1) is 4.39. The second-order valence-corrected chi connectivity index (χ2v) is 3.62. The molecule has 0 aromatic heterocycles. The summed E-state index contributed by atoms with van der Waals surface area (Å²) in [5.74, 6) is 0. The van der Waals surface area contributed by atoms with Crippen LogP contribution in [0.15, 0.2) is 21.8 Å². The van der Waals surface area contributed by atoms with Crippen molar-refractivity contribution < 1.29 is 0 Å². The van der Waals surface area contributed by atoms with Crippen molar-refractivity contribution in [2.75, 3.05) is 0 Å². The van der Waals surface area contributed by atoms with Crippen LogP contribution in [0.2, 0.25) is 0 Å². The van der Waals surface area contributed by atoms with Crippen molar-refractivity contribution in [2.24, 2.45) is 0 Å². The van der Waals surface area contributed by atoms with E-state index in [1.807, 2.05) is 0 Å². The fraction of sp³-hybridized carbons (Fsp3) is 0.500. The molecule has 0 fully saturated rings. The van der Waals surface area contributed by atoms with Crippen LogP contribution in [0.4, 0.5) is 0 Å². The Labute approximate surface area is 70.2 Å². The molecular weight excluding hydrogens is 223 g/mol. The van der Waals surface area contributed by atoms with Crippen LogP contribution in [0.5, 0.6) is 0 Å². The topological polar surface area (TPSA) is 0 Å². The predicted octanol–water partition coefficient (Wildman–Crippen LogP) is 3.44. The Kier molecular flexibility index (Phi) is 3.33. The van der Waals surface area contributed by atoms with Crippen LogP contribution in [0.25, 0.3) is 0 Å². The van der Waals surface area contributed by atoms with Gasteiger partial charge < -0.3 is 0 Å². The van der Waals surface area contributed by atoms with Gasteiger partial charge in [-0.3, -0.25) is 0 Å². The third kappa shape index (κ3) is 3.04. The van der Waals surface area contributed by atoms with Gasteiger partial charge in [-0.15, -0.1) is 0 Å². The molecule has 1 aliphatic carbocycles. The Balaban J connectivity index is 2.41. The summed E-state index contributed by atoms with van der Waals surface area (Å²) in [7, 11) is 0. The minimum absolute atomic E-state index is 1.23. The quantitative estimate of drug-likeness (QED) is 0.445. The average molecular weight is 234 g/mol. The number of hydrogen-bond donors (Lipinski definition) is 0. The molecular formula is C8H11I. The summed E-state index contributed by atoms with van der Waals surface area (Å²) in [5, 5.41) is 0. The maximum absolute atomic E-state index is 2.43. The van der Waals surface area contributed by atoms with Gasteiger partial charge in [0, 0.05) is 0 Å². The van der Waals surface area contributed by atoms with Gasteiger partial charge in [0.1, 0.15) is 0 Å². The molecule has 0 heterocycles. The van der Waals surface area contributed by atoms with E-state index in [-0.39, 0.29) is 0 Å². The second-order valence-electron chi connectivity index (χ2n) is 2.24. The van der Waals surface area contributed by atoms with Gasteiger partial charge in [0.2, 0.25) is 0 Å². The van der Waals surface area contributed by atoms with E-state index in [9.17, 15) is 0 Å². The predicted molar refractivity (Wildman–Crippen MR) is 49.7 cm³/mol. The van der Waals surface area contributed by atoms with E-state index in [1.165, 1.54) is 29.3 Å². The number of hydrogen-bond acceptors (Lipinski definition) is 0. The molecule has 0 aliphatic heterocycles. The molecule has 0 saturated carbocycles. The van der Waals surface area contributed by atoms with Crippen molar-refractivity contribution in [3.8, 4) is 0 Å². The Bertz CT molecular complexity index is 134. The van der Waals surface area contributed by atoms with E-state index in [1.54, 1.807) is 0 Å². The van der Waals surface area contributed by atoms with E-state index in [2.05, 4.69) is 40.8 Å². The lowest BCUT2D eigenvalue weighted by atomic mass is 10.1. The van der Waals surface area contributed by atoms with Crippen molar-refractivity contribution >= 4 is 22.6 Å². The molecule has 0 saturated heterocycles. The van der Waals surface area contributed by atoms with Crippen molar-refractivity contribution in [3.63, 3.8) is 0 Å². The Hall–Kier alpha value is 0.210. The van der Waals surface area contributed by atoms with Gasteiger partial charge in [-0.2, -0.15) is 0 Å². The summed E-state index contributed by atoms with van der Waals surface area (Å²) in [4.78, 5) is 0. The third-order valence-electron chi connectivity index (χ3n) is 1.42. The summed E-state index contributed by atoms with van der Waals surface area (Å²) in [6, 6.07) is 0. The van der Waals surface area contributed by atoms with Crippen LogP contribution in [-0.4, -0.2) is 0 Å². The van der Waals surface area contributed by atoms with Crippen LogP contribution < -0.4 is 0 Å². The monoisotopic (exact) mass is 234 g/mol. The van der Waals surface area contributed by atoms with E-state index >= 15 is 0 Å². The standard InChI is InChI=1S/C8H11I/c9-8-6-4-2-1-3-5-7-8/h1-2,7H,3-6H2. The number of rotatable bonds is 0. The van der Waals surface area contributed by atoms with Crippen molar-refractivity contribution in [3.05, 3.63) is 21.8 Å². The first kappa shape index (κ1) is 7.32. The first-order valence-corrected chi connectivity index (χ1v) is 4.47. The van der Waals surface area contributed by atoms with Crippen LogP contribution in [0.3, 0.4) is 0 Å². The van der Waals surface area contributed by atoms with Gasteiger partial charge in [-0.1, -0.05) is 18.2 Å². The van der Waals surface area contributed by atoms with Crippen LogP contribution >= 0.6 is 22.6 Å². The van der Waals surface area contributed by atoms with Crippen molar-refractivity contribution in [2.45, 2.75) is 25.7 Å². The molecule has 0 radical (unpaired) electrons. The molecule has 50 valence electrons. The molecule has 9 heavy (non-hydrogen) atoms. The van der Waals surface area contributed by atoms with Crippen LogP contribution in [0.1, 0.15) is 25.7 Å². The summed E-state index contributed by atoms with van der Waals surface area (Å²) < 4.78 is 1.52. The van der Waals surface area contributed by atoms with Gasteiger partial charge in [-0.05, 0) is 51.9 Å².